The van der Waals surface area contributed by atoms with Crippen LogP contribution in [0, 0.1) is 0 Å². The largest absolute Gasteiger partial charge is 0.493 e. The minimum absolute atomic E-state index is 0.166. The monoisotopic (exact) mass is 290 g/mol. The van der Waals surface area contributed by atoms with Gasteiger partial charge in [-0.05, 0) is 6.07 Å². The number of nitrogens with one attached hydrogen (secondary N) is 1. The van der Waals surface area contributed by atoms with Gasteiger partial charge in [0.2, 0.25) is 5.91 Å². The predicted octanol–water partition coefficient (Wildman–Crippen LogP) is 0.438. The number of rotatable bonds is 4. The first-order chi connectivity index (χ1) is 10.1. The van der Waals surface area contributed by atoms with Crippen LogP contribution in [-0.2, 0) is 9.59 Å². The van der Waals surface area contributed by atoms with Gasteiger partial charge in [0, 0.05) is 31.1 Å². The Kier molecular flexibility index (Phi) is 3.79. The van der Waals surface area contributed by atoms with Crippen LogP contribution < -0.4 is 10.1 Å². The third-order valence-corrected chi connectivity index (χ3v) is 4.06. The lowest BCUT2D eigenvalue weighted by Crippen LogP contribution is -2.56. The Morgan fingerprint density at radius 2 is 2.24 bits per heavy atom. The second-order valence-electron chi connectivity index (χ2n) is 5.45. The normalized spacial score (nSPS) is 25.0. The highest BCUT2D eigenvalue weighted by Gasteiger charge is 2.35. The highest BCUT2D eigenvalue weighted by molar-refractivity contribution is 5.86. The van der Waals surface area contributed by atoms with E-state index in [-0.39, 0.29) is 18.2 Å². The maximum absolute atomic E-state index is 11.9. The molecule has 6 heteroatoms. The van der Waals surface area contributed by atoms with Crippen molar-refractivity contribution in [2.75, 3.05) is 26.2 Å². The van der Waals surface area contributed by atoms with Gasteiger partial charge in [0.15, 0.2) is 0 Å². The molecule has 2 unspecified atom stereocenters. The maximum atomic E-state index is 11.9. The standard InChI is InChI=1S/C15H18N2O4/c18-14(19)7-12-15(20)16-5-6-17(12)8-10-9-21-13-4-2-1-3-11(10)13/h1-4,10,12H,5-9H2,(H,16,20)(H,18,19). The van der Waals surface area contributed by atoms with Crippen molar-refractivity contribution in [2.45, 2.75) is 18.4 Å². The molecule has 21 heavy (non-hydrogen) atoms. The number of ether oxygens (including phenoxy) is 1. The van der Waals surface area contributed by atoms with Crippen molar-refractivity contribution in [3.05, 3.63) is 29.8 Å². The summed E-state index contributed by atoms with van der Waals surface area (Å²) in [6.45, 7) is 2.45. The quantitative estimate of drug-likeness (QED) is 0.841. The number of carboxylic acid groups (broad SMARTS) is 1. The van der Waals surface area contributed by atoms with Crippen molar-refractivity contribution in [1.82, 2.24) is 10.2 Å². The number of nitrogens with zero attached hydrogens (tertiary/aromatic N) is 1. The smallest absolute Gasteiger partial charge is 0.305 e. The van der Waals surface area contributed by atoms with Crippen molar-refractivity contribution in [2.24, 2.45) is 0 Å². The molecule has 0 bridgehead atoms. The van der Waals surface area contributed by atoms with Gasteiger partial charge in [0.25, 0.3) is 0 Å². The molecule has 2 N–H and O–H groups in total. The van der Waals surface area contributed by atoms with E-state index in [2.05, 4.69) is 5.32 Å². The van der Waals surface area contributed by atoms with E-state index in [0.29, 0.717) is 26.2 Å². The summed E-state index contributed by atoms with van der Waals surface area (Å²) in [5, 5.41) is 11.7. The van der Waals surface area contributed by atoms with E-state index in [1.54, 1.807) is 0 Å². The number of piperazine rings is 1. The van der Waals surface area contributed by atoms with E-state index < -0.39 is 12.0 Å². The first-order valence-corrected chi connectivity index (χ1v) is 7.10. The number of carboxylic acids is 1. The van der Waals surface area contributed by atoms with Crippen LogP contribution >= 0.6 is 0 Å². The molecule has 0 saturated carbocycles. The molecule has 1 saturated heterocycles. The Labute approximate surface area is 122 Å². The highest BCUT2D eigenvalue weighted by Crippen LogP contribution is 2.34. The van der Waals surface area contributed by atoms with E-state index in [1.165, 1.54) is 0 Å². The summed E-state index contributed by atoms with van der Waals surface area (Å²) in [6.07, 6.45) is -0.166. The third kappa shape index (κ3) is 2.85. The fraction of sp³-hybridized carbons (Fsp3) is 0.467. The molecule has 6 nitrogen and oxygen atoms in total. The lowest BCUT2D eigenvalue weighted by molar-refractivity contribution is -0.143. The minimum Gasteiger partial charge on any atom is -0.493 e. The maximum Gasteiger partial charge on any atom is 0.305 e. The molecule has 0 spiro atoms. The summed E-state index contributed by atoms with van der Waals surface area (Å²) in [5.41, 5.74) is 1.14. The van der Waals surface area contributed by atoms with E-state index in [1.807, 2.05) is 29.2 Å². The lowest BCUT2D eigenvalue weighted by atomic mass is 9.98. The number of benzene rings is 1. The number of hydrogen-bond acceptors (Lipinski definition) is 4. The van der Waals surface area contributed by atoms with E-state index in [0.717, 1.165) is 11.3 Å². The minimum atomic E-state index is -0.954. The molecule has 0 aliphatic carbocycles. The zero-order valence-electron chi connectivity index (χ0n) is 11.6. The first-order valence-electron chi connectivity index (χ1n) is 7.10. The van der Waals surface area contributed by atoms with Gasteiger partial charge in [-0.1, -0.05) is 18.2 Å². The molecule has 3 rings (SSSR count). The second-order valence-corrected chi connectivity index (χ2v) is 5.45. The van der Waals surface area contributed by atoms with E-state index in [9.17, 15) is 9.59 Å². The Morgan fingerprint density at radius 3 is 3.05 bits per heavy atom. The molecule has 1 fully saturated rings. The van der Waals surface area contributed by atoms with Gasteiger partial charge in [0.05, 0.1) is 19.1 Å². The molecule has 1 aromatic carbocycles. The Hall–Kier alpha value is -2.08. The summed E-state index contributed by atoms with van der Waals surface area (Å²) in [5.74, 6) is -0.0805. The van der Waals surface area contributed by atoms with Crippen molar-refractivity contribution in [3.8, 4) is 5.75 Å². The zero-order valence-corrected chi connectivity index (χ0v) is 11.6. The Balaban J connectivity index is 1.74. The highest BCUT2D eigenvalue weighted by atomic mass is 16.5. The molecule has 1 amide bonds. The third-order valence-electron chi connectivity index (χ3n) is 4.06. The number of fused-ring (bicyclic) bond motifs is 1. The molecular weight excluding hydrogens is 272 g/mol. The fourth-order valence-corrected chi connectivity index (χ4v) is 3.03. The molecule has 0 radical (unpaired) electrons. The van der Waals surface area contributed by atoms with Crippen molar-refractivity contribution in [1.29, 1.82) is 0 Å². The topological polar surface area (TPSA) is 78.9 Å². The zero-order chi connectivity index (χ0) is 14.8. The number of aliphatic carboxylic acids is 1. The molecule has 112 valence electrons. The van der Waals surface area contributed by atoms with Crippen molar-refractivity contribution < 1.29 is 19.4 Å². The molecule has 1 aromatic rings. The first kappa shape index (κ1) is 13.9. The van der Waals surface area contributed by atoms with E-state index in [4.69, 9.17) is 9.84 Å². The van der Waals surface area contributed by atoms with Crippen LogP contribution in [0.4, 0.5) is 0 Å². The van der Waals surface area contributed by atoms with Crippen molar-refractivity contribution >= 4 is 11.9 Å². The molecule has 2 aliphatic rings. The average molecular weight is 290 g/mol. The summed E-state index contributed by atoms with van der Waals surface area (Å²) < 4.78 is 5.65. The van der Waals surface area contributed by atoms with Gasteiger partial charge in [0.1, 0.15) is 5.75 Å². The van der Waals surface area contributed by atoms with Gasteiger partial charge in [-0.15, -0.1) is 0 Å². The molecular formula is C15H18N2O4. The molecule has 2 heterocycles. The van der Waals surface area contributed by atoms with Crippen LogP contribution in [0.2, 0.25) is 0 Å². The number of carbonyl (C=O) groups is 2. The second kappa shape index (κ2) is 5.73. The number of amides is 1. The summed E-state index contributed by atoms with van der Waals surface area (Å²) >= 11 is 0. The van der Waals surface area contributed by atoms with Crippen LogP contribution in [0.15, 0.2) is 24.3 Å². The Morgan fingerprint density at radius 1 is 1.43 bits per heavy atom. The van der Waals surface area contributed by atoms with Crippen LogP contribution in [-0.4, -0.2) is 54.2 Å². The molecule has 2 aliphatic heterocycles. The average Bonchev–Trinajstić information content (AvgIpc) is 2.86. The Bertz CT molecular complexity index is 560. The van der Waals surface area contributed by atoms with Gasteiger partial charge in [-0.3, -0.25) is 14.5 Å². The van der Waals surface area contributed by atoms with Crippen LogP contribution in [0.5, 0.6) is 5.75 Å². The SMILES string of the molecule is O=C(O)CC1C(=O)NCCN1CC1COc2ccccc21. The van der Waals surface area contributed by atoms with Gasteiger partial charge in [-0.25, -0.2) is 0 Å². The van der Waals surface area contributed by atoms with Gasteiger partial charge in [-0.2, -0.15) is 0 Å². The van der Waals surface area contributed by atoms with E-state index >= 15 is 0 Å². The predicted molar refractivity (Wildman–Crippen MR) is 75.3 cm³/mol. The van der Waals surface area contributed by atoms with Crippen LogP contribution in [0.25, 0.3) is 0 Å². The van der Waals surface area contributed by atoms with Gasteiger partial charge >= 0.3 is 5.97 Å². The fourth-order valence-electron chi connectivity index (χ4n) is 3.03. The van der Waals surface area contributed by atoms with Crippen molar-refractivity contribution in [3.63, 3.8) is 0 Å². The lowest BCUT2D eigenvalue weighted by Gasteiger charge is -2.35. The van der Waals surface area contributed by atoms with Crippen LogP contribution in [0.3, 0.4) is 0 Å². The number of hydrogen-bond donors (Lipinski definition) is 2. The molecule has 2 atom stereocenters. The van der Waals surface area contributed by atoms with Gasteiger partial charge < -0.3 is 15.2 Å². The summed E-state index contributed by atoms with van der Waals surface area (Å²) in [6, 6.07) is 7.28. The molecule has 0 aromatic heterocycles. The summed E-state index contributed by atoms with van der Waals surface area (Å²) in [4.78, 5) is 24.8. The summed E-state index contributed by atoms with van der Waals surface area (Å²) in [7, 11) is 0. The number of para-hydroxylation sites is 1. The number of carbonyl (C=O) groups excluding carboxylic acids is 1. The van der Waals surface area contributed by atoms with Crippen LogP contribution in [0.1, 0.15) is 17.9 Å².